The lowest BCUT2D eigenvalue weighted by atomic mass is 9.61. The Kier molecular flexibility index (Phi) is 8.18. The van der Waals surface area contributed by atoms with E-state index in [1.807, 2.05) is 0 Å². The van der Waals surface area contributed by atoms with Gasteiger partial charge in [0.05, 0.1) is 10.8 Å². The Hall–Kier alpha value is -8.52. The molecule has 0 bridgehead atoms. The van der Waals surface area contributed by atoms with Crippen molar-refractivity contribution in [2.45, 2.75) is 10.8 Å². The normalized spacial score (nSPS) is 15.3. The lowest BCUT2D eigenvalue weighted by molar-refractivity contribution is 0.768. The minimum absolute atomic E-state index is 0.474. The molecule has 1 unspecified atom stereocenters. The van der Waals surface area contributed by atoms with E-state index in [4.69, 9.17) is 0 Å². The third-order valence-corrected chi connectivity index (χ3v) is 15.1. The van der Waals surface area contributed by atoms with E-state index in [9.17, 15) is 0 Å². The van der Waals surface area contributed by atoms with Crippen molar-refractivity contribution in [1.82, 2.24) is 0 Å². The second-order valence-corrected chi connectivity index (χ2v) is 18.3. The van der Waals surface area contributed by atoms with E-state index < -0.39 is 10.8 Å². The highest BCUT2D eigenvalue weighted by molar-refractivity contribution is 6.08. The minimum atomic E-state index is -0.583. The summed E-state index contributed by atoms with van der Waals surface area (Å²) in [6.45, 7) is 0. The zero-order valence-corrected chi connectivity index (χ0v) is 36.8. The molecule has 3 aliphatic carbocycles. The summed E-state index contributed by atoms with van der Waals surface area (Å²) >= 11 is 0. The van der Waals surface area contributed by atoms with Gasteiger partial charge in [-0.2, -0.15) is 0 Å². The van der Waals surface area contributed by atoms with Crippen LogP contribution in [0.5, 0.6) is 0 Å². The molecule has 0 saturated heterocycles. The number of hydrogen-bond donors (Lipinski definition) is 0. The quantitative estimate of drug-likeness (QED) is 0.161. The summed E-state index contributed by atoms with van der Waals surface area (Å²) in [6.07, 6.45) is 0. The molecule has 1 spiro atoms. The molecule has 0 amide bonds. The fourth-order valence-electron chi connectivity index (χ4n) is 12.6. The Labute approximate surface area is 391 Å². The van der Waals surface area contributed by atoms with Gasteiger partial charge in [0.15, 0.2) is 0 Å². The Morgan fingerprint density at radius 2 is 0.746 bits per heavy atom. The van der Waals surface area contributed by atoms with Crippen LogP contribution in [0.2, 0.25) is 0 Å². The smallest absolute Gasteiger partial charge is 0.0726 e. The molecule has 67 heavy (non-hydrogen) atoms. The van der Waals surface area contributed by atoms with Crippen LogP contribution in [0.4, 0.5) is 17.1 Å². The molecule has 0 heterocycles. The van der Waals surface area contributed by atoms with Crippen LogP contribution in [-0.4, -0.2) is 0 Å². The van der Waals surface area contributed by atoms with Gasteiger partial charge >= 0.3 is 0 Å². The molecule has 0 radical (unpaired) electrons. The molecular formula is C66H43N. The van der Waals surface area contributed by atoms with Crippen molar-refractivity contribution in [3.05, 3.63) is 305 Å². The highest BCUT2D eigenvalue weighted by Crippen LogP contribution is 2.64. The van der Waals surface area contributed by atoms with Gasteiger partial charge in [-0.05, 0) is 136 Å². The minimum Gasteiger partial charge on any atom is -0.310 e. The standard InChI is InChI=1S/C66H43N/c1-5-20-44(21-6-1)51-32-19-37-61-64(51)55-40-38-50(43-62(55)66(61)58-35-16-13-30-52(58)54-33-17-22-45-23-18-36-60(66)63(45)54)67(48-28-11-4-12-29-48)49-39-41-59-56(42-49)53-31-14-15-34-57(53)65(59,46-24-7-2-8-25-46)47-26-9-3-10-27-47/h1-43H. The van der Waals surface area contributed by atoms with Gasteiger partial charge in [0.25, 0.3) is 0 Å². The van der Waals surface area contributed by atoms with Crippen LogP contribution in [0.1, 0.15) is 44.5 Å². The molecule has 1 nitrogen and oxygen atoms in total. The van der Waals surface area contributed by atoms with E-state index in [0.29, 0.717) is 0 Å². The first-order chi connectivity index (χ1) is 33.3. The molecule has 0 aromatic heterocycles. The van der Waals surface area contributed by atoms with E-state index >= 15 is 0 Å². The Morgan fingerprint density at radius 1 is 0.254 bits per heavy atom. The van der Waals surface area contributed by atoms with Crippen LogP contribution in [0, 0.1) is 0 Å². The first kappa shape index (κ1) is 37.8. The topological polar surface area (TPSA) is 3.24 Å². The molecule has 0 fully saturated rings. The molecule has 0 N–H and O–H groups in total. The van der Waals surface area contributed by atoms with Crippen LogP contribution >= 0.6 is 0 Å². The van der Waals surface area contributed by atoms with Crippen molar-refractivity contribution >= 4 is 27.8 Å². The Morgan fingerprint density at radius 3 is 1.46 bits per heavy atom. The zero-order chi connectivity index (χ0) is 44.1. The summed E-state index contributed by atoms with van der Waals surface area (Å²) < 4.78 is 0. The number of nitrogens with zero attached hydrogens (tertiary/aromatic N) is 1. The molecule has 312 valence electrons. The molecule has 3 aliphatic rings. The summed E-state index contributed by atoms with van der Waals surface area (Å²) in [5, 5.41) is 2.59. The number of benzene rings is 11. The summed E-state index contributed by atoms with van der Waals surface area (Å²) in [6, 6.07) is 97.6. The fraction of sp³-hybridized carbons (Fsp3) is 0.0303. The Bertz CT molecular complexity index is 3700. The third-order valence-electron chi connectivity index (χ3n) is 15.1. The molecule has 1 atom stereocenters. The SMILES string of the molecule is c1ccc(-c2cccc3c2-c2ccc(N(c4ccccc4)c4ccc5c(c4)-c4ccccc4C5(c4ccccc4)c4ccccc4)cc2C32c3ccccc3-c3cccc4cccc2c34)cc1. The van der Waals surface area contributed by atoms with Crippen molar-refractivity contribution in [2.75, 3.05) is 4.90 Å². The molecule has 1 heteroatoms. The van der Waals surface area contributed by atoms with E-state index in [1.165, 1.54) is 99.8 Å². The van der Waals surface area contributed by atoms with Crippen LogP contribution in [0.25, 0.3) is 55.3 Å². The first-order valence-corrected chi connectivity index (χ1v) is 23.4. The second-order valence-electron chi connectivity index (χ2n) is 18.3. The van der Waals surface area contributed by atoms with Gasteiger partial charge in [0.1, 0.15) is 0 Å². The molecule has 0 saturated carbocycles. The highest BCUT2D eigenvalue weighted by Gasteiger charge is 2.51. The maximum Gasteiger partial charge on any atom is 0.0726 e. The van der Waals surface area contributed by atoms with Crippen molar-refractivity contribution in [1.29, 1.82) is 0 Å². The summed E-state index contributed by atoms with van der Waals surface area (Å²) in [7, 11) is 0. The second kappa shape index (κ2) is 14.5. The lowest BCUT2D eigenvalue weighted by Gasteiger charge is -2.40. The van der Waals surface area contributed by atoms with Gasteiger partial charge in [-0.15, -0.1) is 0 Å². The highest BCUT2D eigenvalue weighted by atomic mass is 15.1. The van der Waals surface area contributed by atoms with E-state index in [-0.39, 0.29) is 0 Å². The average Bonchev–Trinajstić information content (AvgIpc) is 3.87. The molecular weight excluding hydrogens is 807 g/mol. The lowest BCUT2D eigenvalue weighted by Crippen LogP contribution is -2.32. The predicted octanol–water partition coefficient (Wildman–Crippen LogP) is 16.7. The summed E-state index contributed by atoms with van der Waals surface area (Å²) in [4.78, 5) is 2.48. The Balaban J connectivity index is 1.05. The van der Waals surface area contributed by atoms with Gasteiger partial charge in [-0.1, -0.05) is 224 Å². The third kappa shape index (κ3) is 5.14. The van der Waals surface area contributed by atoms with Crippen molar-refractivity contribution in [3.63, 3.8) is 0 Å². The number of hydrogen-bond acceptors (Lipinski definition) is 1. The van der Waals surface area contributed by atoms with Crippen molar-refractivity contribution < 1.29 is 0 Å². The number of anilines is 3. The maximum absolute atomic E-state index is 2.53. The summed E-state index contributed by atoms with van der Waals surface area (Å²) in [5.74, 6) is 0. The average molecular weight is 850 g/mol. The number of fused-ring (bicyclic) bond motifs is 12. The first-order valence-electron chi connectivity index (χ1n) is 23.4. The van der Waals surface area contributed by atoms with Gasteiger partial charge < -0.3 is 4.90 Å². The predicted molar refractivity (Wildman–Crippen MR) is 278 cm³/mol. The monoisotopic (exact) mass is 849 g/mol. The molecule has 0 aliphatic heterocycles. The van der Waals surface area contributed by atoms with E-state index in [2.05, 4.69) is 266 Å². The number of para-hydroxylation sites is 1. The van der Waals surface area contributed by atoms with Crippen LogP contribution in [0.3, 0.4) is 0 Å². The van der Waals surface area contributed by atoms with Gasteiger partial charge in [-0.3, -0.25) is 0 Å². The van der Waals surface area contributed by atoms with Crippen molar-refractivity contribution in [3.8, 4) is 44.5 Å². The number of rotatable bonds is 6. The van der Waals surface area contributed by atoms with Gasteiger partial charge in [0, 0.05) is 17.1 Å². The van der Waals surface area contributed by atoms with Gasteiger partial charge in [0.2, 0.25) is 0 Å². The molecule has 14 rings (SSSR count). The zero-order valence-electron chi connectivity index (χ0n) is 36.8. The maximum atomic E-state index is 2.53. The largest absolute Gasteiger partial charge is 0.310 e. The van der Waals surface area contributed by atoms with Crippen LogP contribution < -0.4 is 4.90 Å². The van der Waals surface area contributed by atoms with E-state index in [0.717, 1.165) is 17.1 Å². The summed E-state index contributed by atoms with van der Waals surface area (Å²) in [5.41, 5.74) is 22.9. The van der Waals surface area contributed by atoms with Crippen molar-refractivity contribution in [2.24, 2.45) is 0 Å². The van der Waals surface area contributed by atoms with Gasteiger partial charge in [-0.25, -0.2) is 0 Å². The van der Waals surface area contributed by atoms with Crippen LogP contribution in [-0.2, 0) is 10.8 Å². The molecule has 11 aromatic rings. The van der Waals surface area contributed by atoms with E-state index in [1.54, 1.807) is 0 Å². The van der Waals surface area contributed by atoms with Crippen LogP contribution in [0.15, 0.2) is 261 Å². The fourth-order valence-corrected chi connectivity index (χ4v) is 12.6. The molecule has 11 aromatic carbocycles.